The second-order valence-corrected chi connectivity index (χ2v) is 3.46. The molecule has 5 nitrogen and oxygen atoms in total. The molecule has 0 radical (unpaired) electrons. The average molecular weight is 189 g/mol. The Hall–Kier alpha value is -1.26. The highest BCUT2D eigenvalue weighted by molar-refractivity contribution is 5.69. The van der Waals surface area contributed by atoms with Crippen molar-refractivity contribution in [2.24, 2.45) is 0 Å². The molecule has 0 heterocycles. The van der Waals surface area contributed by atoms with Crippen molar-refractivity contribution in [1.29, 1.82) is 0 Å². The lowest BCUT2D eigenvalue weighted by Crippen LogP contribution is -2.34. The lowest BCUT2D eigenvalue weighted by molar-refractivity contribution is -0.141. The van der Waals surface area contributed by atoms with Gasteiger partial charge in [0.25, 0.3) is 0 Å². The van der Waals surface area contributed by atoms with Gasteiger partial charge >= 0.3 is 12.1 Å². The van der Waals surface area contributed by atoms with Gasteiger partial charge in [0.2, 0.25) is 0 Å². The molecule has 76 valence electrons. The minimum Gasteiger partial charge on any atom is -0.444 e. The molecule has 1 amide bonds. The highest BCUT2D eigenvalue weighted by Crippen LogP contribution is 2.05. The third kappa shape index (κ3) is 8.65. The van der Waals surface area contributed by atoms with E-state index < -0.39 is 17.7 Å². The standard InChI is InChI=1S/C8H15NO4/c1-6(10)12-5-9-7(11)13-8(2,3)4/h5H2,1-4H3,(H,9,11). The smallest absolute Gasteiger partial charge is 0.410 e. The summed E-state index contributed by atoms with van der Waals surface area (Å²) in [4.78, 5) is 21.2. The first-order chi connectivity index (χ1) is 5.81. The van der Waals surface area contributed by atoms with Crippen molar-refractivity contribution in [3.8, 4) is 0 Å². The molecule has 0 saturated carbocycles. The Labute approximate surface area is 77.4 Å². The quantitative estimate of drug-likeness (QED) is 0.520. The van der Waals surface area contributed by atoms with Gasteiger partial charge < -0.3 is 9.47 Å². The number of carbonyl (C=O) groups excluding carboxylic acids is 2. The molecule has 0 unspecified atom stereocenters. The molecule has 5 heteroatoms. The Morgan fingerprint density at radius 1 is 1.31 bits per heavy atom. The molecule has 0 aliphatic heterocycles. The summed E-state index contributed by atoms with van der Waals surface area (Å²) in [6.45, 7) is 6.34. The summed E-state index contributed by atoms with van der Waals surface area (Å²) in [6, 6.07) is 0. The zero-order valence-corrected chi connectivity index (χ0v) is 8.34. The molecule has 0 spiro atoms. The molecular weight excluding hydrogens is 174 g/mol. The number of ether oxygens (including phenoxy) is 2. The molecule has 0 saturated heterocycles. The fraction of sp³-hybridized carbons (Fsp3) is 0.750. The van der Waals surface area contributed by atoms with Crippen LogP contribution in [0, 0.1) is 0 Å². The van der Waals surface area contributed by atoms with Crippen LogP contribution < -0.4 is 5.32 Å². The first-order valence-electron chi connectivity index (χ1n) is 3.91. The van der Waals surface area contributed by atoms with Crippen molar-refractivity contribution in [3.63, 3.8) is 0 Å². The molecule has 13 heavy (non-hydrogen) atoms. The SMILES string of the molecule is CC(=O)OCNC(=O)OC(C)(C)C. The Morgan fingerprint density at radius 3 is 2.23 bits per heavy atom. The van der Waals surface area contributed by atoms with E-state index in [1.54, 1.807) is 20.8 Å². The van der Waals surface area contributed by atoms with Gasteiger partial charge in [-0.3, -0.25) is 10.1 Å². The van der Waals surface area contributed by atoms with E-state index in [0.29, 0.717) is 0 Å². The number of hydrogen-bond acceptors (Lipinski definition) is 4. The van der Waals surface area contributed by atoms with Gasteiger partial charge in [-0.2, -0.15) is 0 Å². The number of rotatable bonds is 2. The van der Waals surface area contributed by atoms with Crippen molar-refractivity contribution >= 4 is 12.1 Å². The second kappa shape index (κ2) is 4.69. The maximum Gasteiger partial charge on any atom is 0.410 e. The fourth-order valence-electron chi connectivity index (χ4n) is 0.511. The van der Waals surface area contributed by atoms with E-state index in [4.69, 9.17) is 4.74 Å². The minimum absolute atomic E-state index is 0.162. The third-order valence-electron chi connectivity index (χ3n) is 0.891. The van der Waals surface area contributed by atoms with E-state index in [1.807, 2.05) is 0 Å². The van der Waals surface area contributed by atoms with Crippen LogP contribution in [0.4, 0.5) is 4.79 Å². The highest BCUT2D eigenvalue weighted by atomic mass is 16.6. The molecule has 0 aromatic carbocycles. The molecule has 1 N–H and O–H groups in total. The maximum atomic E-state index is 10.9. The van der Waals surface area contributed by atoms with E-state index in [-0.39, 0.29) is 6.73 Å². The van der Waals surface area contributed by atoms with Crippen LogP contribution >= 0.6 is 0 Å². The third-order valence-corrected chi connectivity index (χ3v) is 0.891. The van der Waals surface area contributed by atoms with Gasteiger partial charge in [0, 0.05) is 6.92 Å². The van der Waals surface area contributed by atoms with Crippen LogP contribution in [0.2, 0.25) is 0 Å². The monoisotopic (exact) mass is 189 g/mol. The van der Waals surface area contributed by atoms with Crippen LogP contribution in [-0.4, -0.2) is 24.4 Å². The van der Waals surface area contributed by atoms with Crippen LogP contribution in [0.15, 0.2) is 0 Å². The topological polar surface area (TPSA) is 64.6 Å². The molecular formula is C8H15NO4. The van der Waals surface area contributed by atoms with Crippen molar-refractivity contribution in [1.82, 2.24) is 5.32 Å². The number of esters is 1. The average Bonchev–Trinajstić information content (AvgIpc) is 1.81. The molecule has 0 aromatic rings. The predicted octanol–water partition coefficient (Wildman–Crippen LogP) is 1.03. The van der Waals surface area contributed by atoms with Gasteiger partial charge in [0.1, 0.15) is 5.60 Å². The molecule has 0 aromatic heterocycles. The van der Waals surface area contributed by atoms with E-state index in [1.165, 1.54) is 6.92 Å². The summed E-state index contributed by atoms with van der Waals surface area (Å²) in [5.41, 5.74) is -0.541. The highest BCUT2D eigenvalue weighted by Gasteiger charge is 2.15. The van der Waals surface area contributed by atoms with Gasteiger partial charge in [-0.1, -0.05) is 0 Å². The largest absolute Gasteiger partial charge is 0.444 e. The van der Waals surface area contributed by atoms with Crippen LogP contribution in [0.1, 0.15) is 27.7 Å². The maximum absolute atomic E-state index is 10.9. The van der Waals surface area contributed by atoms with Crippen molar-refractivity contribution in [2.75, 3.05) is 6.73 Å². The molecule has 0 fully saturated rings. The van der Waals surface area contributed by atoms with Gasteiger partial charge in [-0.15, -0.1) is 0 Å². The lowest BCUT2D eigenvalue weighted by atomic mass is 10.2. The number of hydrogen-bond donors (Lipinski definition) is 1. The number of amides is 1. The molecule has 0 bridgehead atoms. The zero-order valence-electron chi connectivity index (χ0n) is 8.34. The molecule has 0 rings (SSSR count). The van der Waals surface area contributed by atoms with E-state index >= 15 is 0 Å². The van der Waals surface area contributed by atoms with E-state index in [2.05, 4.69) is 10.1 Å². The summed E-state index contributed by atoms with van der Waals surface area (Å²) in [5, 5.41) is 2.27. The fourth-order valence-corrected chi connectivity index (χ4v) is 0.511. The summed E-state index contributed by atoms with van der Waals surface area (Å²) in [6.07, 6.45) is -0.603. The first kappa shape index (κ1) is 11.7. The number of alkyl carbamates (subject to hydrolysis) is 1. The van der Waals surface area contributed by atoms with Crippen molar-refractivity contribution in [2.45, 2.75) is 33.3 Å². The van der Waals surface area contributed by atoms with Crippen LogP contribution in [0.3, 0.4) is 0 Å². The second-order valence-electron chi connectivity index (χ2n) is 3.46. The Bertz CT molecular complexity index is 195. The minimum atomic E-state index is -0.603. The molecule has 0 atom stereocenters. The Balaban J connectivity index is 3.59. The summed E-state index contributed by atoms with van der Waals surface area (Å²) >= 11 is 0. The summed E-state index contributed by atoms with van der Waals surface area (Å²) < 4.78 is 9.35. The Morgan fingerprint density at radius 2 is 1.85 bits per heavy atom. The van der Waals surface area contributed by atoms with Crippen molar-refractivity contribution < 1.29 is 19.1 Å². The Kier molecular flexibility index (Phi) is 4.23. The number of nitrogens with one attached hydrogen (secondary N) is 1. The van der Waals surface area contributed by atoms with Gasteiger partial charge in [-0.05, 0) is 20.8 Å². The van der Waals surface area contributed by atoms with E-state index in [0.717, 1.165) is 0 Å². The predicted molar refractivity (Wildman–Crippen MR) is 46.0 cm³/mol. The summed E-state index contributed by atoms with van der Waals surface area (Å²) in [5.74, 6) is -0.448. The van der Waals surface area contributed by atoms with E-state index in [9.17, 15) is 9.59 Å². The van der Waals surface area contributed by atoms with Gasteiger partial charge in [0.05, 0.1) is 0 Å². The lowest BCUT2D eigenvalue weighted by Gasteiger charge is -2.19. The van der Waals surface area contributed by atoms with Gasteiger partial charge in [-0.25, -0.2) is 4.79 Å². The number of carbonyl (C=O) groups is 2. The van der Waals surface area contributed by atoms with Crippen LogP contribution in [0.5, 0.6) is 0 Å². The van der Waals surface area contributed by atoms with Crippen LogP contribution in [-0.2, 0) is 14.3 Å². The summed E-state index contributed by atoms with van der Waals surface area (Å²) in [7, 11) is 0. The normalized spacial score (nSPS) is 10.5. The van der Waals surface area contributed by atoms with Crippen molar-refractivity contribution in [3.05, 3.63) is 0 Å². The van der Waals surface area contributed by atoms with Crippen LogP contribution in [0.25, 0.3) is 0 Å². The molecule has 0 aliphatic rings. The molecule has 0 aliphatic carbocycles. The zero-order chi connectivity index (χ0) is 10.5. The van der Waals surface area contributed by atoms with Gasteiger partial charge in [0.15, 0.2) is 6.73 Å². The first-order valence-corrected chi connectivity index (χ1v) is 3.91.